The van der Waals surface area contributed by atoms with Gasteiger partial charge in [0, 0.05) is 6.42 Å². The molecule has 6 nitrogen and oxygen atoms in total. The number of benzene rings is 2. The van der Waals surface area contributed by atoms with Crippen molar-refractivity contribution in [3.05, 3.63) is 70.8 Å². The van der Waals surface area contributed by atoms with Gasteiger partial charge in [0.05, 0.1) is 29.9 Å². The minimum Gasteiger partial charge on any atom is -0.467 e. The van der Waals surface area contributed by atoms with Crippen LogP contribution in [0.5, 0.6) is 0 Å². The van der Waals surface area contributed by atoms with Crippen LogP contribution in [0.25, 0.3) is 0 Å². The van der Waals surface area contributed by atoms with Gasteiger partial charge in [0.1, 0.15) is 6.04 Å². The van der Waals surface area contributed by atoms with Crippen molar-refractivity contribution < 1.29 is 19.1 Å². The fraction of sp³-hybridized carbons (Fsp3) is 0.158. The van der Waals surface area contributed by atoms with Crippen LogP contribution in [0.3, 0.4) is 0 Å². The molecular formula is C19H14N2O4. The van der Waals surface area contributed by atoms with Crippen LogP contribution >= 0.6 is 0 Å². The first-order valence-electron chi connectivity index (χ1n) is 7.60. The summed E-state index contributed by atoms with van der Waals surface area (Å²) in [5, 5.41) is 9.01. The highest BCUT2D eigenvalue weighted by molar-refractivity contribution is 6.22. The number of nitriles is 1. The second-order valence-corrected chi connectivity index (χ2v) is 5.58. The molecule has 2 amide bonds. The standard InChI is InChI=1S/C19H14N2O4/c1-25-19(24)16(10-12-5-4-6-13(9-12)11-20)21-17(22)14-7-2-3-8-15(14)18(21)23/h2-9,16H,10H2,1H3. The van der Waals surface area contributed by atoms with Gasteiger partial charge in [-0.2, -0.15) is 5.26 Å². The van der Waals surface area contributed by atoms with Gasteiger partial charge >= 0.3 is 5.97 Å². The zero-order valence-corrected chi connectivity index (χ0v) is 13.4. The van der Waals surface area contributed by atoms with Gasteiger partial charge in [0.25, 0.3) is 11.8 Å². The molecule has 0 fully saturated rings. The maximum absolute atomic E-state index is 12.6. The molecule has 3 rings (SSSR count). The van der Waals surface area contributed by atoms with E-state index in [1.807, 2.05) is 6.07 Å². The Hall–Kier alpha value is -3.46. The van der Waals surface area contributed by atoms with Crippen LogP contribution in [0, 0.1) is 11.3 Å². The Balaban J connectivity index is 1.97. The molecule has 1 heterocycles. The number of hydrogen-bond acceptors (Lipinski definition) is 5. The largest absolute Gasteiger partial charge is 0.467 e. The second kappa shape index (κ2) is 6.57. The van der Waals surface area contributed by atoms with Gasteiger partial charge < -0.3 is 4.74 Å². The molecular weight excluding hydrogens is 320 g/mol. The molecule has 1 unspecified atom stereocenters. The summed E-state index contributed by atoms with van der Waals surface area (Å²) in [6, 6.07) is 14.0. The lowest BCUT2D eigenvalue weighted by atomic mass is 10.0. The smallest absolute Gasteiger partial charge is 0.329 e. The van der Waals surface area contributed by atoms with E-state index < -0.39 is 23.8 Å². The van der Waals surface area contributed by atoms with Gasteiger partial charge in [-0.1, -0.05) is 24.3 Å². The second-order valence-electron chi connectivity index (χ2n) is 5.58. The highest BCUT2D eigenvalue weighted by Crippen LogP contribution is 2.26. The monoisotopic (exact) mass is 334 g/mol. The van der Waals surface area contributed by atoms with Gasteiger partial charge in [-0.15, -0.1) is 0 Å². The fourth-order valence-corrected chi connectivity index (χ4v) is 2.90. The number of ether oxygens (including phenoxy) is 1. The predicted molar refractivity (Wildman–Crippen MR) is 87.6 cm³/mol. The van der Waals surface area contributed by atoms with E-state index in [1.54, 1.807) is 48.5 Å². The summed E-state index contributed by atoms with van der Waals surface area (Å²) in [4.78, 5) is 38.5. The summed E-state index contributed by atoms with van der Waals surface area (Å²) in [5.74, 6) is -1.73. The minimum atomic E-state index is -1.09. The van der Waals surface area contributed by atoms with E-state index in [0.717, 1.165) is 4.90 Å². The Kier molecular flexibility index (Phi) is 4.31. The van der Waals surface area contributed by atoms with Crippen molar-refractivity contribution in [1.29, 1.82) is 5.26 Å². The van der Waals surface area contributed by atoms with Crippen molar-refractivity contribution in [3.8, 4) is 6.07 Å². The normalized spacial score (nSPS) is 14.0. The van der Waals surface area contributed by atoms with E-state index in [0.29, 0.717) is 11.1 Å². The van der Waals surface area contributed by atoms with E-state index >= 15 is 0 Å². The summed E-state index contributed by atoms with van der Waals surface area (Å²) < 4.78 is 4.80. The maximum atomic E-state index is 12.6. The van der Waals surface area contributed by atoms with Crippen molar-refractivity contribution >= 4 is 17.8 Å². The van der Waals surface area contributed by atoms with E-state index in [1.165, 1.54) is 7.11 Å². The molecule has 1 aliphatic heterocycles. The summed E-state index contributed by atoms with van der Waals surface area (Å²) in [5.41, 5.74) is 1.63. The molecule has 0 radical (unpaired) electrons. The van der Waals surface area contributed by atoms with Crippen molar-refractivity contribution in [1.82, 2.24) is 4.90 Å². The Labute approximate surface area is 144 Å². The molecule has 0 bridgehead atoms. The molecule has 2 aromatic rings. The van der Waals surface area contributed by atoms with Gasteiger partial charge in [-0.3, -0.25) is 14.5 Å². The zero-order valence-electron chi connectivity index (χ0n) is 13.4. The van der Waals surface area contributed by atoms with Crippen LogP contribution in [-0.4, -0.2) is 35.8 Å². The number of fused-ring (bicyclic) bond motifs is 1. The van der Waals surface area contributed by atoms with Crippen LogP contribution in [0.2, 0.25) is 0 Å². The van der Waals surface area contributed by atoms with Crippen LogP contribution in [0.1, 0.15) is 31.8 Å². The van der Waals surface area contributed by atoms with E-state index in [-0.39, 0.29) is 17.5 Å². The Morgan fingerprint density at radius 3 is 2.32 bits per heavy atom. The number of methoxy groups -OCH3 is 1. The maximum Gasteiger partial charge on any atom is 0.329 e. The number of carbonyl (C=O) groups is 3. The molecule has 0 aliphatic carbocycles. The number of nitrogens with zero attached hydrogens (tertiary/aromatic N) is 2. The Morgan fingerprint density at radius 1 is 1.12 bits per heavy atom. The summed E-state index contributed by atoms with van der Waals surface area (Å²) in [7, 11) is 1.21. The quantitative estimate of drug-likeness (QED) is 0.630. The number of rotatable bonds is 4. The molecule has 1 aliphatic rings. The number of carbonyl (C=O) groups excluding carboxylic acids is 3. The van der Waals surface area contributed by atoms with Crippen LogP contribution < -0.4 is 0 Å². The van der Waals surface area contributed by atoms with Gasteiger partial charge in [-0.25, -0.2) is 4.79 Å². The molecule has 124 valence electrons. The van der Waals surface area contributed by atoms with Crippen molar-refractivity contribution in [2.24, 2.45) is 0 Å². The zero-order chi connectivity index (χ0) is 18.0. The minimum absolute atomic E-state index is 0.0770. The number of imide groups is 1. The topological polar surface area (TPSA) is 87.5 Å². The summed E-state index contributed by atoms with van der Waals surface area (Å²) >= 11 is 0. The number of hydrogen-bond donors (Lipinski definition) is 0. The Bertz CT molecular complexity index is 879. The lowest BCUT2D eigenvalue weighted by Gasteiger charge is -2.24. The van der Waals surface area contributed by atoms with E-state index in [9.17, 15) is 14.4 Å². The molecule has 0 saturated carbocycles. The first kappa shape index (κ1) is 16.4. The van der Waals surface area contributed by atoms with Crippen molar-refractivity contribution in [2.75, 3.05) is 7.11 Å². The fourth-order valence-electron chi connectivity index (χ4n) is 2.90. The van der Waals surface area contributed by atoms with Crippen LogP contribution in [0.4, 0.5) is 0 Å². The molecule has 0 spiro atoms. The Morgan fingerprint density at radius 2 is 1.76 bits per heavy atom. The molecule has 6 heteroatoms. The average molecular weight is 334 g/mol. The first-order valence-corrected chi connectivity index (χ1v) is 7.60. The highest BCUT2D eigenvalue weighted by Gasteiger charge is 2.43. The number of amides is 2. The molecule has 1 atom stereocenters. The summed E-state index contributed by atoms with van der Waals surface area (Å²) in [6.07, 6.45) is 0.0770. The number of esters is 1. The lowest BCUT2D eigenvalue weighted by molar-refractivity contribution is -0.145. The van der Waals surface area contributed by atoms with Crippen LogP contribution in [0.15, 0.2) is 48.5 Å². The van der Waals surface area contributed by atoms with Crippen molar-refractivity contribution in [3.63, 3.8) is 0 Å². The van der Waals surface area contributed by atoms with Gasteiger partial charge in [0.15, 0.2) is 0 Å². The van der Waals surface area contributed by atoms with Gasteiger partial charge in [0.2, 0.25) is 0 Å². The average Bonchev–Trinajstić information content (AvgIpc) is 2.90. The third-order valence-corrected chi connectivity index (χ3v) is 4.10. The first-order chi connectivity index (χ1) is 12.1. The summed E-state index contributed by atoms with van der Waals surface area (Å²) in [6.45, 7) is 0. The highest BCUT2D eigenvalue weighted by atomic mass is 16.5. The van der Waals surface area contributed by atoms with Crippen LogP contribution in [-0.2, 0) is 16.0 Å². The third-order valence-electron chi connectivity index (χ3n) is 4.10. The van der Waals surface area contributed by atoms with E-state index in [4.69, 9.17) is 10.00 Å². The molecule has 25 heavy (non-hydrogen) atoms. The molecule has 2 aromatic carbocycles. The molecule has 0 aromatic heterocycles. The molecule has 0 N–H and O–H groups in total. The van der Waals surface area contributed by atoms with Gasteiger partial charge in [-0.05, 0) is 29.8 Å². The van der Waals surface area contributed by atoms with E-state index in [2.05, 4.69) is 0 Å². The third kappa shape index (κ3) is 2.88. The molecule has 0 saturated heterocycles. The predicted octanol–water partition coefficient (Wildman–Crippen LogP) is 1.94. The van der Waals surface area contributed by atoms with Crippen molar-refractivity contribution in [2.45, 2.75) is 12.5 Å². The SMILES string of the molecule is COC(=O)C(Cc1cccc(C#N)c1)N1C(=O)c2ccccc2C1=O. The lowest BCUT2D eigenvalue weighted by Crippen LogP contribution is -2.46.